The fourth-order valence-corrected chi connectivity index (χ4v) is 2.13. The van der Waals surface area contributed by atoms with Gasteiger partial charge < -0.3 is 9.84 Å². The van der Waals surface area contributed by atoms with Gasteiger partial charge in [-0.25, -0.2) is 0 Å². The number of hydrogen-bond acceptors (Lipinski definition) is 2. The number of hydrogen-bond donors (Lipinski definition) is 1. The molecule has 2 aromatic carbocycles. The normalized spacial score (nSPS) is 10.4. The first kappa shape index (κ1) is 14.6. The Balaban J connectivity index is 1.57. The van der Waals surface area contributed by atoms with Crippen molar-refractivity contribution in [1.82, 2.24) is 0 Å². The molecule has 2 heteroatoms. The highest BCUT2D eigenvalue weighted by Gasteiger charge is 1.96. The lowest BCUT2D eigenvalue weighted by Gasteiger charge is -2.06. The maximum absolute atomic E-state index is 8.98. The summed E-state index contributed by atoms with van der Waals surface area (Å²) < 4.78 is 5.66. The monoisotopic (exact) mass is 270 g/mol. The van der Waals surface area contributed by atoms with Gasteiger partial charge in [0.15, 0.2) is 0 Å². The maximum atomic E-state index is 8.98. The average Bonchev–Trinajstić information content (AvgIpc) is 2.52. The molecule has 0 unspecified atom stereocenters. The first-order chi connectivity index (χ1) is 9.88. The molecular formula is C18H22O2. The van der Waals surface area contributed by atoms with E-state index in [1.807, 2.05) is 42.5 Å². The summed E-state index contributed by atoms with van der Waals surface area (Å²) in [5.74, 6) is 0.951. The van der Waals surface area contributed by atoms with Crippen LogP contribution in [-0.4, -0.2) is 11.7 Å². The minimum absolute atomic E-state index is 0.122. The Bertz CT molecular complexity index is 477. The number of benzene rings is 2. The zero-order chi connectivity index (χ0) is 14.0. The molecule has 2 rings (SSSR count). The van der Waals surface area contributed by atoms with Crippen molar-refractivity contribution in [3.63, 3.8) is 0 Å². The summed E-state index contributed by atoms with van der Waals surface area (Å²) in [4.78, 5) is 0. The van der Waals surface area contributed by atoms with Crippen LogP contribution in [0.2, 0.25) is 0 Å². The van der Waals surface area contributed by atoms with Gasteiger partial charge in [0.25, 0.3) is 0 Å². The van der Waals surface area contributed by atoms with E-state index in [4.69, 9.17) is 9.84 Å². The van der Waals surface area contributed by atoms with Gasteiger partial charge in [-0.05, 0) is 48.9 Å². The zero-order valence-electron chi connectivity index (χ0n) is 11.8. The molecule has 0 saturated heterocycles. The fraction of sp³-hybridized carbons (Fsp3) is 0.333. The molecule has 20 heavy (non-hydrogen) atoms. The van der Waals surface area contributed by atoms with E-state index in [0.717, 1.165) is 30.8 Å². The Labute approximate surface area is 121 Å². The largest absolute Gasteiger partial charge is 0.494 e. The van der Waals surface area contributed by atoms with Crippen LogP contribution >= 0.6 is 0 Å². The van der Waals surface area contributed by atoms with Crippen molar-refractivity contribution < 1.29 is 9.84 Å². The topological polar surface area (TPSA) is 29.5 Å². The molecule has 0 bridgehead atoms. The number of aliphatic hydroxyl groups is 1. The van der Waals surface area contributed by atoms with E-state index in [-0.39, 0.29) is 6.61 Å². The van der Waals surface area contributed by atoms with Crippen LogP contribution in [0.1, 0.15) is 30.4 Å². The number of para-hydroxylation sites is 1. The van der Waals surface area contributed by atoms with Gasteiger partial charge in [0.2, 0.25) is 0 Å². The second kappa shape index (κ2) is 8.39. The second-order valence-electron chi connectivity index (χ2n) is 4.95. The molecule has 0 heterocycles. The van der Waals surface area contributed by atoms with E-state index < -0.39 is 0 Å². The molecule has 0 fully saturated rings. The first-order valence-corrected chi connectivity index (χ1v) is 7.25. The molecule has 0 aliphatic heterocycles. The summed E-state index contributed by atoms with van der Waals surface area (Å²) in [6.07, 6.45) is 4.53. The smallest absolute Gasteiger partial charge is 0.119 e. The Morgan fingerprint density at radius 3 is 2.15 bits per heavy atom. The summed E-state index contributed by atoms with van der Waals surface area (Å²) in [6, 6.07) is 18.1. The predicted octanol–water partition coefficient (Wildman–Crippen LogP) is 3.97. The molecule has 0 amide bonds. The molecule has 0 aromatic heterocycles. The summed E-state index contributed by atoms with van der Waals surface area (Å²) in [6.45, 7) is 0.907. The lowest BCUT2D eigenvalue weighted by molar-refractivity contribution is 0.282. The van der Waals surface area contributed by atoms with Gasteiger partial charge in [-0.15, -0.1) is 0 Å². The number of rotatable bonds is 8. The van der Waals surface area contributed by atoms with Gasteiger partial charge in [0, 0.05) is 0 Å². The summed E-state index contributed by atoms with van der Waals surface area (Å²) in [5.41, 5.74) is 2.32. The number of aliphatic hydroxyl groups excluding tert-OH is 1. The molecule has 0 saturated carbocycles. The third kappa shape index (κ3) is 5.06. The number of aryl methyl sites for hydroxylation is 1. The lowest BCUT2D eigenvalue weighted by Crippen LogP contribution is -1.97. The SMILES string of the molecule is OCc1ccc(CCCCCOc2ccccc2)cc1. The van der Waals surface area contributed by atoms with Gasteiger partial charge in [-0.1, -0.05) is 42.5 Å². The summed E-state index contributed by atoms with van der Waals surface area (Å²) in [5, 5.41) is 8.98. The molecule has 1 N–H and O–H groups in total. The fourth-order valence-electron chi connectivity index (χ4n) is 2.13. The van der Waals surface area contributed by atoms with Crippen molar-refractivity contribution in [1.29, 1.82) is 0 Å². The third-order valence-corrected chi connectivity index (χ3v) is 3.33. The molecule has 106 valence electrons. The molecule has 0 spiro atoms. The minimum Gasteiger partial charge on any atom is -0.494 e. The predicted molar refractivity (Wildman–Crippen MR) is 81.9 cm³/mol. The lowest BCUT2D eigenvalue weighted by atomic mass is 10.1. The van der Waals surface area contributed by atoms with Crippen LogP contribution in [0.4, 0.5) is 0 Å². The van der Waals surface area contributed by atoms with Gasteiger partial charge in [0.05, 0.1) is 13.2 Å². The van der Waals surface area contributed by atoms with Gasteiger partial charge in [-0.3, -0.25) is 0 Å². The molecule has 0 aliphatic carbocycles. The number of unbranched alkanes of at least 4 members (excludes halogenated alkanes) is 2. The van der Waals surface area contributed by atoms with Crippen LogP contribution in [-0.2, 0) is 13.0 Å². The van der Waals surface area contributed by atoms with Gasteiger partial charge in [-0.2, -0.15) is 0 Å². The van der Waals surface area contributed by atoms with Crippen molar-refractivity contribution in [2.45, 2.75) is 32.3 Å². The Morgan fingerprint density at radius 2 is 1.45 bits per heavy atom. The molecule has 0 radical (unpaired) electrons. The van der Waals surface area contributed by atoms with Crippen molar-refractivity contribution in [2.75, 3.05) is 6.61 Å². The van der Waals surface area contributed by atoms with Crippen molar-refractivity contribution in [3.05, 3.63) is 65.7 Å². The van der Waals surface area contributed by atoms with Crippen LogP contribution in [0.15, 0.2) is 54.6 Å². The zero-order valence-corrected chi connectivity index (χ0v) is 11.8. The van der Waals surface area contributed by atoms with Crippen LogP contribution in [0.5, 0.6) is 5.75 Å². The van der Waals surface area contributed by atoms with E-state index in [9.17, 15) is 0 Å². The molecular weight excluding hydrogens is 248 g/mol. The quantitative estimate of drug-likeness (QED) is 0.735. The highest BCUT2D eigenvalue weighted by atomic mass is 16.5. The van der Waals surface area contributed by atoms with E-state index in [1.165, 1.54) is 18.4 Å². The van der Waals surface area contributed by atoms with Crippen LogP contribution in [0.25, 0.3) is 0 Å². The third-order valence-electron chi connectivity index (χ3n) is 3.33. The van der Waals surface area contributed by atoms with Crippen LogP contribution < -0.4 is 4.74 Å². The van der Waals surface area contributed by atoms with Crippen LogP contribution in [0, 0.1) is 0 Å². The Morgan fingerprint density at radius 1 is 0.750 bits per heavy atom. The average molecular weight is 270 g/mol. The molecule has 2 aromatic rings. The van der Waals surface area contributed by atoms with Gasteiger partial charge in [0.1, 0.15) is 5.75 Å². The second-order valence-corrected chi connectivity index (χ2v) is 4.95. The minimum atomic E-state index is 0.122. The molecule has 2 nitrogen and oxygen atoms in total. The molecule has 0 atom stereocenters. The van der Waals surface area contributed by atoms with E-state index in [1.54, 1.807) is 0 Å². The summed E-state index contributed by atoms with van der Waals surface area (Å²) >= 11 is 0. The van der Waals surface area contributed by atoms with E-state index in [2.05, 4.69) is 12.1 Å². The highest BCUT2D eigenvalue weighted by molar-refractivity contribution is 5.22. The Kier molecular flexibility index (Phi) is 6.12. The Hall–Kier alpha value is -1.80. The summed E-state index contributed by atoms with van der Waals surface area (Å²) in [7, 11) is 0. The maximum Gasteiger partial charge on any atom is 0.119 e. The van der Waals surface area contributed by atoms with E-state index in [0.29, 0.717) is 0 Å². The van der Waals surface area contributed by atoms with E-state index >= 15 is 0 Å². The van der Waals surface area contributed by atoms with Crippen molar-refractivity contribution in [2.24, 2.45) is 0 Å². The van der Waals surface area contributed by atoms with Crippen LogP contribution in [0.3, 0.4) is 0 Å². The number of ether oxygens (including phenoxy) is 1. The van der Waals surface area contributed by atoms with Gasteiger partial charge >= 0.3 is 0 Å². The first-order valence-electron chi connectivity index (χ1n) is 7.25. The van der Waals surface area contributed by atoms with Crippen molar-refractivity contribution >= 4 is 0 Å². The highest BCUT2D eigenvalue weighted by Crippen LogP contribution is 2.11. The van der Waals surface area contributed by atoms with Crippen molar-refractivity contribution in [3.8, 4) is 5.75 Å². The molecule has 0 aliphatic rings. The standard InChI is InChI=1S/C18H22O2/c19-15-17-12-10-16(11-13-17)7-3-2-6-14-20-18-8-4-1-5-9-18/h1,4-5,8-13,19H,2-3,6-7,14-15H2.